The van der Waals surface area contributed by atoms with Crippen molar-refractivity contribution in [2.75, 3.05) is 6.54 Å². The lowest BCUT2D eigenvalue weighted by Gasteiger charge is -2.12. The van der Waals surface area contributed by atoms with Crippen LogP contribution < -0.4 is 5.32 Å². The summed E-state index contributed by atoms with van der Waals surface area (Å²) >= 11 is 12.0. The molecule has 0 bridgehead atoms. The largest absolute Gasteiger partial charge is 0.313 e. The number of hydrogen-bond acceptors (Lipinski definition) is 1. The van der Waals surface area contributed by atoms with Crippen molar-refractivity contribution in [2.45, 2.75) is 31.2 Å². The Hall–Kier alpha value is -0.240. The van der Waals surface area contributed by atoms with Gasteiger partial charge in [-0.05, 0) is 36.5 Å². The fourth-order valence-corrected chi connectivity index (χ4v) is 3.49. The van der Waals surface area contributed by atoms with Gasteiger partial charge in [0, 0.05) is 18.0 Å². The van der Waals surface area contributed by atoms with Crippen LogP contribution in [0.5, 0.6) is 0 Å². The van der Waals surface area contributed by atoms with Gasteiger partial charge in [-0.1, -0.05) is 36.2 Å². The van der Waals surface area contributed by atoms with Gasteiger partial charge in [0.2, 0.25) is 0 Å². The third-order valence-corrected chi connectivity index (χ3v) is 4.97. The quantitative estimate of drug-likeness (QED) is 0.851. The second-order valence-corrected chi connectivity index (χ2v) is 5.81. The van der Waals surface area contributed by atoms with E-state index in [0.717, 1.165) is 12.5 Å². The second-order valence-electron chi connectivity index (χ2n) is 4.99. The Bertz CT molecular complexity index is 432. The summed E-state index contributed by atoms with van der Waals surface area (Å²) in [5, 5.41) is 4.93. The maximum atomic E-state index is 6.09. The Morgan fingerprint density at radius 1 is 1.38 bits per heavy atom. The monoisotopic (exact) mass is 255 g/mol. The number of benzene rings is 1. The van der Waals surface area contributed by atoms with E-state index in [4.69, 9.17) is 23.2 Å². The van der Waals surface area contributed by atoms with E-state index in [-0.39, 0.29) is 0 Å². The molecule has 1 heterocycles. The van der Waals surface area contributed by atoms with E-state index in [0.29, 0.717) is 21.5 Å². The van der Waals surface area contributed by atoms with Crippen LogP contribution in [0, 0.1) is 5.92 Å². The van der Waals surface area contributed by atoms with E-state index < -0.39 is 0 Å². The van der Waals surface area contributed by atoms with E-state index >= 15 is 0 Å². The first-order valence-electron chi connectivity index (χ1n) is 5.86. The average molecular weight is 256 g/mol. The van der Waals surface area contributed by atoms with Crippen molar-refractivity contribution in [3.8, 4) is 0 Å². The molecule has 1 unspecified atom stereocenters. The summed E-state index contributed by atoms with van der Waals surface area (Å²) in [5.74, 6) is 0.801. The molecule has 3 atom stereocenters. The maximum Gasteiger partial charge on any atom is 0.0595 e. The molecule has 0 aromatic heterocycles. The van der Waals surface area contributed by atoms with Gasteiger partial charge < -0.3 is 5.32 Å². The van der Waals surface area contributed by atoms with E-state index in [1.807, 2.05) is 12.1 Å². The van der Waals surface area contributed by atoms with Crippen molar-refractivity contribution in [1.82, 2.24) is 5.32 Å². The van der Waals surface area contributed by atoms with E-state index in [9.17, 15) is 0 Å². The molecule has 1 aromatic rings. The first-order valence-corrected chi connectivity index (χ1v) is 6.62. The molecule has 0 radical (unpaired) electrons. The first kappa shape index (κ1) is 10.9. The lowest BCUT2D eigenvalue weighted by atomic mass is 9.94. The van der Waals surface area contributed by atoms with Gasteiger partial charge in [0.1, 0.15) is 0 Å². The number of rotatable bonds is 2. The van der Waals surface area contributed by atoms with Gasteiger partial charge in [-0.15, -0.1) is 0 Å². The highest BCUT2D eigenvalue weighted by atomic mass is 35.5. The molecule has 1 N–H and O–H groups in total. The molecule has 1 aromatic carbocycles. The zero-order chi connectivity index (χ0) is 11.3. The minimum atomic E-state index is 0.356. The van der Waals surface area contributed by atoms with Crippen LogP contribution in [0.1, 0.15) is 25.3 Å². The van der Waals surface area contributed by atoms with Crippen LogP contribution in [0.4, 0.5) is 0 Å². The molecule has 1 aliphatic carbocycles. The molecule has 2 fully saturated rings. The maximum absolute atomic E-state index is 6.09. The molecule has 86 valence electrons. The van der Waals surface area contributed by atoms with Gasteiger partial charge in [0.15, 0.2) is 0 Å². The molecule has 1 saturated carbocycles. The fourth-order valence-electron chi connectivity index (χ4n) is 3.19. The summed E-state index contributed by atoms with van der Waals surface area (Å²) < 4.78 is 0. The number of hydrogen-bond donors (Lipinski definition) is 1. The van der Waals surface area contributed by atoms with Gasteiger partial charge in [0.05, 0.1) is 10.0 Å². The van der Waals surface area contributed by atoms with Gasteiger partial charge in [-0.25, -0.2) is 0 Å². The van der Waals surface area contributed by atoms with Crippen LogP contribution in [0.2, 0.25) is 10.0 Å². The topological polar surface area (TPSA) is 12.0 Å². The van der Waals surface area contributed by atoms with Gasteiger partial charge in [0.25, 0.3) is 0 Å². The highest BCUT2D eigenvalue weighted by molar-refractivity contribution is 6.42. The zero-order valence-electron chi connectivity index (χ0n) is 9.26. The Balaban J connectivity index is 1.92. The van der Waals surface area contributed by atoms with Crippen molar-refractivity contribution in [2.24, 2.45) is 5.92 Å². The number of nitrogens with one attached hydrogen (secondary N) is 1. The molecule has 0 spiro atoms. The van der Waals surface area contributed by atoms with E-state index in [1.165, 1.54) is 18.4 Å². The highest BCUT2D eigenvalue weighted by Crippen LogP contribution is 2.59. The molecule has 16 heavy (non-hydrogen) atoms. The molecule has 1 nitrogen and oxygen atoms in total. The molecule has 3 rings (SSSR count). The Morgan fingerprint density at radius 2 is 2.19 bits per heavy atom. The lowest BCUT2D eigenvalue weighted by molar-refractivity contribution is 0.519. The standard InChI is InChI=1S/C13H15Cl2N/c1-2-12-9-6-13(9,7-16-12)8-3-4-10(14)11(15)5-8/h3-5,9,12,16H,2,6-7H2,1H3/t9?,12-,13+/m1/s1. The number of piperidine rings is 1. The average Bonchev–Trinajstić information content (AvgIpc) is 2.91. The smallest absolute Gasteiger partial charge is 0.0595 e. The van der Waals surface area contributed by atoms with Gasteiger partial charge >= 0.3 is 0 Å². The molecule has 1 aliphatic heterocycles. The van der Waals surface area contributed by atoms with Crippen LogP contribution in [0.15, 0.2) is 18.2 Å². The second kappa shape index (κ2) is 3.63. The van der Waals surface area contributed by atoms with Crippen LogP contribution in [0.25, 0.3) is 0 Å². The molecule has 1 saturated heterocycles. The van der Waals surface area contributed by atoms with Crippen LogP contribution in [-0.4, -0.2) is 12.6 Å². The summed E-state index contributed by atoms with van der Waals surface area (Å²) in [7, 11) is 0. The molecular formula is C13H15Cl2N. The van der Waals surface area contributed by atoms with Gasteiger partial charge in [-0.2, -0.15) is 0 Å². The predicted octanol–water partition coefficient (Wildman–Crippen LogP) is 3.63. The van der Waals surface area contributed by atoms with Crippen molar-refractivity contribution in [3.63, 3.8) is 0 Å². The molecule has 2 aliphatic rings. The third-order valence-electron chi connectivity index (χ3n) is 4.23. The van der Waals surface area contributed by atoms with E-state index in [1.54, 1.807) is 0 Å². The highest BCUT2D eigenvalue weighted by Gasteiger charge is 2.61. The Morgan fingerprint density at radius 3 is 2.75 bits per heavy atom. The summed E-state index contributed by atoms with van der Waals surface area (Å²) in [6.45, 7) is 3.34. The molecule has 0 amide bonds. The molecular weight excluding hydrogens is 241 g/mol. The number of halogens is 2. The number of fused-ring (bicyclic) bond motifs is 1. The van der Waals surface area contributed by atoms with Gasteiger partial charge in [-0.3, -0.25) is 0 Å². The fraction of sp³-hybridized carbons (Fsp3) is 0.538. The minimum Gasteiger partial charge on any atom is -0.313 e. The SMILES string of the molecule is CC[C@H]1NC[C@]2(c3ccc(Cl)c(Cl)c3)CC12. The van der Waals surface area contributed by atoms with Crippen molar-refractivity contribution < 1.29 is 0 Å². The predicted molar refractivity (Wildman–Crippen MR) is 68.3 cm³/mol. The Kier molecular flexibility index (Phi) is 2.47. The summed E-state index contributed by atoms with van der Waals surface area (Å²) in [5.41, 5.74) is 1.71. The van der Waals surface area contributed by atoms with E-state index in [2.05, 4.69) is 18.3 Å². The lowest BCUT2D eigenvalue weighted by Crippen LogP contribution is -2.26. The van der Waals surface area contributed by atoms with Crippen molar-refractivity contribution in [3.05, 3.63) is 33.8 Å². The summed E-state index contributed by atoms with van der Waals surface area (Å²) in [6.07, 6.45) is 2.52. The molecule has 3 heteroatoms. The zero-order valence-corrected chi connectivity index (χ0v) is 10.8. The third kappa shape index (κ3) is 1.42. The van der Waals surface area contributed by atoms with Crippen molar-refractivity contribution >= 4 is 23.2 Å². The minimum absolute atomic E-state index is 0.356. The van der Waals surface area contributed by atoms with Crippen LogP contribution >= 0.6 is 23.2 Å². The van der Waals surface area contributed by atoms with Crippen LogP contribution in [-0.2, 0) is 5.41 Å². The summed E-state index contributed by atoms with van der Waals surface area (Å²) in [4.78, 5) is 0. The van der Waals surface area contributed by atoms with Crippen LogP contribution in [0.3, 0.4) is 0 Å². The summed E-state index contributed by atoms with van der Waals surface area (Å²) in [6, 6.07) is 6.79. The Labute approximate surface area is 106 Å². The first-order chi connectivity index (χ1) is 7.67. The normalized spacial score (nSPS) is 36.2. The van der Waals surface area contributed by atoms with Crippen molar-refractivity contribution in [1.29, 1.82) is 0 Å².